The largest absolute Gasteiger partial charge is 0.409 e. The molecule has 0 radical (unpaired) electrons. The van der Waals surface area contributed by atoms with Crippen molar-refractivity contribution in [1.82, 2.24) is 9.59 Å². The molecule has 1 heterocycles. The number of oxime groups is 1. The topological polar surface area (TPSA) is 113 Å². The smallest absolute Gasteiger partial charge is 0.277 e. The maximum Gasteiger partial charge on any atom is 0.277 e. The molecule has 0 atom stereocenters. The number of hydrogen-bond donors (Lipinski definition) is 3. The Morgan fingerprint density at radius 2 is 2.32 bits per heavy atom. The van der Waals surface area contributed by atoms with Crippen molar-refractivity contribution >= 4 is 40.6 Å². The minimum atomic E-state index is -0.456. The fourth-order valence-electron chi connectivity index (χ4n) is 1.35. The highest BCUT2D eigenvalue weighted by Crippen LogP contribution is 2.21. The number of halogens is 1. The van der Waals surface area contributed by atoms with Crippen LogP contribution in [0.3, 0.4) is 0 Å². The van der Waals surface area contributed by atoms with Crippen molar-refractivity contribution in [3.63, 3.8) is 0 Å². The van der Waals surface area contributed by atoms with Gasteiger partial charge in [-0.2, -0.15) is 0 Å². The number of carbonyl (C=O) groups is 1. The molecule has 0 bridgehead atoms. The van der Waals surface area contributed by atoms with Gasteiger partial charge in [0.2, 0.25) is 0 Å². The molecule has 0 aliphatic rings. The minimum Gasteiger partial charge on any atom is -0.409 e. The first-order chi connectivity index (χ1) is 9.11. The highest BCUT2D eigenvalue weighted by Gasteiger charge is 2.14. The lowest BCUT2D eigenvalue weighted by molar-refractivity contribution is 0.102. The zero-order valence-electron chi connectivity index (χ0n) is 9.37. The minimum absolute atomic E-state index is 0.136. The van der Waals surface area contributed by atoms with Crippen LogP contribution in [0.1, 0.15) is 16.1 Å². The number of nitrogens with two attached hydrogens (primary N) is 1. The van der Waals surface area contributed by atoms with Gasteiger partial charge in [-0.1, -0.05) is 21.2 Å². The van der Waals surface area contributed by atoms with E-state index in [1.807, 2.05) is 0 Å². The number of rotatable bonds is 3. The van der Waals surface area contributed by atoms with Gasteiger partial charge >= 0.3 is 0 Å². The number of anilines is 1. The molecule has 0 saturated heterocycles. The summed E-state index contributed by atoms with van der Waals surface area (Å²) < 4.78 is 3.59. The molecule has 0 saturated carbocycles. The van der Waals surface area contributed by atoms with Crippen LogP contribution in [0.25, 0.3) is 0 Å². The highest BCUT2D eigenvalue weighted by molar-refractivity contribution is 7.03. The van der Waals surface area contributed by atoms with Crippen molar-refractivity contribution in [2.24, 2.45) is 10.9 Å². The first-order valence-electron chi connectivity index (χ1n) is 4.97. The van der Waals surface area contributed by atoms with Gasteiger partial charge in [0, 0.05) is 16.0 Å². The van der Waals surface area contributed by atoms with Gasteiger partial charge < -0.3 is 16.3 Å². The molecular formula is C10H8ClN5O2S. The van der Waals surface area contributed by atoms with Crippen LogP contribution in [0.5, 0.6) is 0 Å². The number of amidine groups is 1. The highest BCUT2D eigenvalue weighted by atomic mass is 35.5. The van der Waals surface area contributed by atoms with Crippen molar-refractivity contribution in [2.45, 2.75) is 0 Å². The Morgan fingerprint density at radius 1 is 1.53 bits per heavy atom. The van der Waals surface area contributed by atoms with E-state index >= 15 is 0 Å². The number of amides is 1. The van der Waals surface area contributed by atoms with Gasteiger partial charge in [-0.05, 0) is 29.7 Å². The summed E-state index contributed by atoms with van der Waals surface area (Å²) in [5, 5.41) is 19.7. The lowest BCUT2D eigenvalue weighted by Crippen LogP contribution is -2.19. The Bertz CT molecular complexity index is 629. The zero-order chi connectivity index (χ0) is 13.8. The van der Waals surface area contributed by atoms with E-state index in [-0.39, 0.29) is 11.5 Å². The molecule has 4 N–H and O–H groups in total. The van der Waals surface area contributed by atoms with Crippen LogP contribution in [0.4, 0.5) is 5.69 Å². The standard InChI is InChI=1S/C10H8ClN5O2S/c11-5-1-2-6(9(12)15-18)7(3-5)13-10(17)8-4-19-16-14-8/h1-4,18H,(H2,12,15)(H,13,17). The molecule has 0 spiro atoms. The van der Waals surface area contributed by atoms with E-state index < -0.39 is 5.91 Å². The molecule has 0 fully saturated rings. The fraction of sp³-hybridized carbons (Fsp3) is 0. The Hall–Kier alpha value is -2.19. The number of benzene rings is 1. The lowest BCUT2D eigenvalue weighted by Gasteiger charge is -2.09. The second-order valence-corrected chi connectivity index (χ2v) is 4.47. The lowest BCUT2D eigenvalue weighted by atomic mass is 10.1. The summed E-state index contributed by atoms with van der Waals surface area (Å²) in [5.41, 5.74) is 6.37. The van der Waals surface area contributed by atoms with Gasteiger partial charge in [0.15, 0.2) is 11.5 Å². The van der Waals surface area contributed by atoms with Crippen molar-refractivity contribution in [1.29, 1.82) is 0 Å². The van der Waals surface area contributed by atoms with Crippen LogP contribution < -0.4 is 11.1 Å². The van der Waals surface area contributed by atoms with Crippen molar-refractivity contribution < 1.29 is 10.0 Å². The van der Waals surface area contributed by atoms with Crippen LogP contribution in [0, 0.1) is 0 Å². The van der Waals surface area contributed by atoms with E-state index in [1.54, 1.807) is 6.07 Å². The average Bonchev–Trinajstić information content (AvgIpc) is 2.92. The maximum absolute atomic E-state index is 11.9. The van der Waals surface area contributed by atoms with E-state index in [1.165, 1.54) is 17.5 Å². The summed E-state index contributed by atoms with van der Waals surface area (Å²) in [7, 11) is 0. The molecule has 2 rings (SSSR count). The SMILES string of the molecule is NC(=NO)c1ccc(Cl)cc1NC(=O)c1csnn1. The number of carbonyl (C=O) groups excluding carboxylic acids is 1. The third kappa shape index (κ3) is 2.98. The Morgan fingerprint density at radius 3 is 2.95 bits per heavy atom. The summed E-state index contributed by atoms with van der Waals surface area (Å²) in [5.74, 6) is -0.591. The van der Waals surface area contributed by atoms with Gasteiger partial charge in [0.1, 0.15) is 0 Å². The summed E-state index contributed by atoms with van der Waals surface area (Å²) in [6.45, 7) is 0. The zero-order valence-corrected chi connectivity index (χ0v) is 10.9. The van der Waals surface area contributed by atoms with Crippen LogP contribution in [0.2, 0.25) is 5.02 Å². The predicted molar refractivity (Wildman–Crippen MR) is 71.8 cm³/mol. The summed E-state index contributed by atoms with van der Waals surface area (Å²) >= 11 is 6.91. The Balaban J connectivity index is 2.33. The number of nitrogens with one attached hydrogen (secondary N) is 1. The second kappa shape index (κ2) is 5.63. The molecule has 7 nitrogen and oxygen atoms in total. The van der Waals surface area contributed by atoms with E-state index in [4.69, 9.17) is 22.5 Å². The van der Waals surface area contributed by atoms with Gasteiger partial charge in [-0.25, -0.2) is 0 Å². The number of hydrogen-bond acceptors (Lipinski definition) is 6. The number of nitrogens with zero attached hydrogens (tertiary/aromatic N) is 3. The molecule has 2 aromatic rings. The number of aromatic nitrogens is 2. The normalized spacial score (nSPS) is 11.3. The molecule has 1 aromatic heterocycles. The van der Waals surface area contributed by atoms with Crippen LogP contribution in [-0.2, 0) is 0 Å². The van der Waals surface area contributed by atoms with E-state index in [2.05, 4.69) is 20.1 Å². The molecule has 1 aromatic carbocycles. The quantitative estimate of drug-likeness (QED) is 0.344. The summed E-state index contributed by atoms with van der Waals surface area (Å²) in [4.78, 5) is 11.9. The van der Waals surface area contributed by atoms with E-state index in [0.717, 1.165) is 11.5 Å². The molecular weight excluding hydrogens is 290 g/mol. The summed E-state index contributed by atoms with van der Waals surface area (Å²) in [6, 6.07) is 4.59. The first-order valence-corrected chi connectivity index (χ1v) is 6.19. The third-order valence-corrected chi connectivity index (χ3v) is 2.95. The molecule has 1 amide bonds. The molecule has 0 aliphatic heterocycles. The molecule has 0 unspecified atom stereocenters. The van der Waals surface area contributed by atoms with Crippen LogP contribution in [-0.4, -0.2) is 26.5 Å². The molecule has 9 heteroatoms. The van der Waals surface area contributed by atoms with E-state index in [9.17, 15) is 4.79 Å². The molecule has 98 valence electrons. The summed E-state index contributed by atoms with van der Waals surface area (Å²) in [6.07, 6.45) is 0. The second-order valence-electron chi connectivity index (χ2n) is 3.42. The third-order valence-electron chi connectivity index (χ3n) is 2.21. The average molecular weight is 298 g/mol. The van der Waals surface area contributed by atoms with E-state index in [0.29, 0.717) is 16.3 Å². The van der Waals surface area contributed by atoms with Crippen LogP contribution in [0.15, 0.2) is 28.7 Å². The predicted octanol–water partition coefficient (Wildman–Crippen LogP) is 1.54. The Kier molecular flexibility index (Phi) is 3.93. The van der Waals surface area contributed by atoms with Crippen molar-refractivity contribution in [3.05, 3.63) is 39.9 Å². The van der Waals surface area contributed by atoms with Crippen LogP contribution >= 0.6 is 23.1 Å². The fourth-order valence-corrected chi connectivity index (χ4v) is 1.96. The van der Waals surface area contributed by atoms with Gasteiger partial charge in [0.05, 0.1) is 5.69 Å². The maximum atomic E-state index is 11.9. The molecule has 19 heavy (non-hydrogen) atoms. The first kappa shape index (κ1) is 13.2. The van der Waals surface area contributed by atoms with Gasteiger partial charge in [0.25, 0.3) is 5.91 Å². The molecule has 0 aliphatic carbocycles. The Labute approximate surface area is 116 Å². The van der Waals surface area contributed by atoms with Gasteiger partial charge in [-0.3, -0.25) is 4.79 Å². The monoisotopic (exact) mass is 297 g/mol. The van der Waals surface area contributed by atoms with Gasteiger partial charge in [-0.15, -0.1) is 5.10 Å². The van der Waals surface area contributed by atoms with Crippen molar-refractivity contribution in [2.75, 3.05) is 5.32 Å². The van der Waals surface area contributed by atoms with Crippen molar-refractivity contribution in [3.8, 4) is 0 Å².